The molecule has 0 radical (unpaired) electrons. The molecule has 0 aromatic heterocycles. The molecular weight excluding hydrogens is 384 g/mol. The fourth-order valence-corrected chi connectivity index (χ4v) is 4.42. The van der Waals surface area contributed by atoms with Gasteiger partial charge in [-0.2, -0.15) is 0 Å². The van der Waals surface area contributed by atoms with Crippen LogP contribution in [0.2, 0.25) is 0 Å². The van der Waals surface area contributed by atoms with E-state index >= 15 is 0 Å². The summed E-state index contributed by atoms with van der Waals surface area (Å²) in [5.74, 6) is 0.199. The number of benzene rings is 5. The van der Waals surface area contributed by atoms with E-state index in [1.165, 1.54) is 44.5 Å². The second-order valence-electron chi connectivity index (χ2n) is 8.32. The minimum absolute atomic E-state index is 0.199. The maximum absolute atomic E-state index is 2.31. The van der Waals surface area contributed by atoms with Crippen molar-refractivity contribution < 1.29 is 0 Å². The van der Waals surface area contributed by atoms with Crippen molar-refractivity contribution in [2.24, 2.45) is 0 Å². The molecule has 0 amide bonds. The van der Waals surface area contributed by atoms with Gasteiger partial charge < -0.3 is 0 Å². The maximum atomic E-state index is 2.31. The van der Waals surface area contributed by atoms with Gasteiger partial charge in [0.2, 0.25) is 0 Å². The van der Waals surface area contributed by atoms with Crippen molar-refractivity contribution >= 4 is 0 Å². The third-order valence-electron chi connectivity index (χ3n) is 6.08. The smallest absolute Gasteiger partial charge is 0.0340 e. The molecule has 0 spiro atoms. The van der Waals surface area contributed by atoms with E-state index in [1.807, 2.05) is 0 Å². The van der Waals surface area contributed by atoms with E-state index in [4.69, 9.17) is 0 Å². The van der Waals surface area contributed by atoms with Crippen LogP contribution < -0.4 is 0 Å². The summed E-state index contributed by atoms with van der Waals surface area (Å²) < 4.78 is 0. The van der Waals surface area contributed by atoms with Crippen LogP contribution in [0.25, 0.3) is 22.3 Å². The monoisotopic (exact) mass is 410 g/mol. The second kappa shape index (κ2) is 9.08. The molecule has 0 unspecified atom stereocenters. The van der Waals surface area contributed by atoms with Gasteiger partial charge in [0.1, 0.15) is 0 Å². The summed E-state index contributed by atoms with van der Waals surface area (Å²) in [4.78, 5) is 0. The molecule has 154 valence electrons. The molecule has 5 rings (SSSR count). The summed E-state index contributed by atoms with van der Waals surface area (Å²) >= 11 is 0. The molecule has 32 heavy (non-hydrogen) atoms. The summed E-state index contributed by atoms with van der Waals surface area (Å²) in [5.41, 5.74) is 10.2. The third kappa shape index (κ3) is 4.26. The van der Waals surface area contributed by atoms with Crippen LogP contribution in [0, 0.1) is 6.92 Å². The van der Waals surface area contributed by atoms with Crippen molar-refractivity contribution in [3.8, 4) is 22.3 Å². The molecule has 0 heterocycles. The van der Waals surface area contributed by atoms with Gasteiger partial charge in [-0.05, 0) is 45.9 Å². The van der Waals surface area contributed by atoms with Crippen LogP contribution in [-0.4, -0.2) is 0 Å². The van der Waals surface area contributed by atoms with Gasteiger partial charge in [0, 0.05) is 5.92 Å². The minimum Gasteiger partial charge on any atom is -0.0622 e. The zero-order valence-corrected chi connectivity index (χ0v) is 18.3. The topological polar surface area (TPSA) is 0 Å². The fourth-order valence-electron chi connectivity index (χ4n) is 4.42. The summed E-state index contributed by atoms with van der Waals surface area (Å²) in [6, 6.07) is 48.1. The fraction of sp³-hybridized carbons (Fsp3) is 0.0625. The lowest BCUT2D eigenvalue weighted by atomic mass is 9.83. The number of hydrogen-bond donors (Lipinski definition) is 0. The molecular formula is C32H26. The van der Waals surface area contributed by atoms with Gasteiger partial charge in [0.05, 0.1) is 0 Å². The van der Waals surface area contributed by atoms with E-state index in [2.05, 4.69) is 140 Å². The average molecular weight is 411 g/mol. The van der Waals surface area contributed by atoms with Crippen molar-refractivity contribution in [1.82, 2.24) is 0 Å². The largest absolute Gasteiger partial charge is 0.0622 e. The van der Waals surface area contributed by atoms with Crippen molar-refractivity contribution in [2.75, 3.05) is 0 Å². The summed E-state index contributed by atoms with van der Waals surface area (Å²) in [5, 5.41) is 0. The SMILES string of the molecule is Cc1cccc(C(c2ccc(-c3ccccc3)cc2)c2ccc(-c3ccccc3)cc2)c1. The van der Waals surface area contributed by atoms with E-state index in [9.17, 15) is 0 Å². The van der Waals surface area contributed by atoms with Crippen LogP contribution in [0.15, 0.2) is 133 Å². The first kappa shape index (κ1) is 20.0. The van der Waals surface area contributed by atoms with Crippen LogP contribution in [0.5, 0.6) is 0 Å². The van der Waals surface area contributed by atoms with Crippen molar-refractivity contribution in [2.45, 2.75) is 12.8 Å². The Kier molecular flexibility index (Phi) is 5.68. The summed E-state index contributed by atoms with van der Waals surface area (Å²) in [6.07, 6.45) is 0. The van der Waals surface area contributed by atoms with E-state index in [-0.39, 0.29) is 5.92 Å². The first-order valence-corrected chi connectivity index (χ1v) is 11.2. The Hall–Kier alpha value is -3.90. The van der Waals surface area contributed by atoms with Gasteiger partial charge in [0.15, 0.2) is 0 Å². The second-order valence-corrected chi connectivity index (χ2v) is 8.32. The van der Waals surface area contributed by atoms with Gasteiger partial charge in [-0.3, -0.25) is 0 Å². The number of hydrogen-bond acceptors (Lipinski definition) is 0. The van der Waals surface area contributed by atoms with E-state index in [0.717, 1.165) is 0 Å². The lowest BCUT2D eigenvalue weighted by Crippen LogP contribution is -2.04. The van der Waals surface area contributed by atoms with Crippen molar-refractivity contribution in [3.63, 3.8) is 0 Å². The van der Waals surface area contributed by atoms with E-state index < -0.39 is 0 Å². The van der Waals surface area contributed by atoms with E-state index in [1.54, 1.807) is 0 Å². The highest BCUT2D eigenvalue weighted by molar-refractivity contribution is 5.65. The Balaban J connectivity index is 1.54. The molecule has 0 fully saturated rings. The zero-order valence-electron chi connectivity index (χ0n) is 18.3. The maximum Gasteiger partial charge on any atom is 0.0340 e. The first-order valence-electron chi connectivity index (χ1n) is 11.2. The molecule has 5 aromatic rings. The number of rotatable bonds is 5. The van der Waals surface area contributed by atoms with Gasteiger partial charge >= 0.3 is 0 Å². The normalized spacial score (nSPS) is 10.9. The highest BCUT2D eigenvalue weighted by atomic mass is 14.2. The molecule has 0 saturated carbocycles. The van der Waals surface area contributed by atoms with Crippen molar-refractivity contribution in [1.29, 1.82) is 0 Å². The van der Waals surface area contributed by atoms with Crippen LogP contribution >= 0.6 is 0 Å². The molecule has 5 aromatic carbocycles. The quantitative estimate of drug-likeness (QED) is 0.255. The van der Waals surface area contributed by atoms with Crippen LogP contribution in [0.1, 0.15) is 28.2 Å². The Morgan fingerprint density at radius 1 is 0.375 bits per heavy atom. The van der Waals surface area contributed by atoms with Gasteiger partial charge in [-0.25, -0.2) is 0 Å². The minimum atomic E-state index is 0.199. The Morgan fingerprint density at radius 3 is 1.25 bits per heavy atom. The van der Waals surface area contributed by atoms with Crippen LogP contribution in [0.3, 0.4) is 0 Å². The summed E-state index contributed by atoms with van der Waals surface area (Å²) in [7, 11) is 0. The lowest BCUT2D eigenvalue weighted by molar-refractivity contribution is 0.975. The van der Waals surface area contributed by atoms with Crippen molar-refractivity contribution in [3.05, 3.63) is 156 Å². The van der Waals surface area contributed by atoms with Gasteiger partial charge in [0.25, 0.3) is 0 Å². The highest BCUT2D eigenvalue weighted by Crippen LogP contribution is 2.34. The molecule has 0 heteroatoms. The Bertz CT molecular complexity index is 1200. The third-order valence-corrected chi connectivity index (χ3v) is 6.08. The predicted octanol–water partition coefficient (Wildman–Crippen LogP) is 8.51. The van der Waals surface area contributed by atoms with Gasteiger partial charge in [-0.1, -0.05) is 139 Å². The molecule has 0 nitrogen and oxygen atoms in total. The zero-order chi connectivity index (χ0) is 21.8. The van der Waals surface area contributed by atoms with E-state index in [0.29, 0.717) is 0 Å². The standard InChI is InChI=1S/C32H26/c1-24-9-8-14-31(23-24)32(29-19-15-27(16-20-29)25-10-4-2-5-11-25)30-21-17-28(18-22-30)26-12-6-3-7-13-26/h2-23,32H,1H3. The Morgan fingerprint density at radius 2 is 0.812 bits per heavy atom. The number of aryl methyl sites for hydroxylation is 1. The summed E-state index contributed by atoms with van der Waals surface area (Å²) in [6.45, 7) is 2.16. The van der Waals surface area contributed by atoms with Crippen LogP contribution in [0.4, 0.5) is 0 Å². The van der Waals surface area contributed by atoms with Gasteiger partial charge in [-0.15, -0.1) is 0 Å². The molecule has 0 N–H and O–H groups in total. The first-order chi connectivity index (χ1) is 15.8. The Labute approximate surface area is 190 Å². The molecule has 0 bridgehead atoms. The molecule has 0 aliphatic rings. The predicted molar refractivity (Wildman–Crippen MR) is 136 cm³/mol. The highest BCUT2D eigenvalue weighted by Gasteiger charge is 2.17. The average Bonchev–Trinajstić information content (AvgIpc) is 2.86. The molecule has 0 aliphatic carbocycles. The lowest BCUT2D eigenvalue weighted by Gasteiger charge is -2.20. The molecule has 0 aliphatic heterocycles. The molecule has 0 atom stereocenters. The molecule has 0 saturated heterocycles. The van der Waals surface area contributed by atoms with Crippen LogP contribution in [-0.2, 0) is 0 Å².